The predicted octanol–water partition coefficient (Wildman–Crippen LogP) is 4.71. The van der Waals surface area contributed by atoms with Crippen LogP contribution >= 0.6 is 0 Å². The second-order valence-electron chi connectivity index (χ2n) is 8.22. The van der Waals surface area contributed by atoms with Crippen molar-refractivity contribution in [3.8, 4) is 0 Å². The van der Waals surface area contributed by atoms with Crippen molar-refractivity contribution >= 4 is 0 Å². The summed E-state index contributed by atoms with van der Waals surface area (Å²) in [5.74, 6) is 0. The summed E-state index contributed by atoms with van der Waals surface area (Å²) >= 11 is 0. The molecule has 0 atom stereocenters. The molecule has 0 radical (unpaired) electrons. The number of benzene rings is 2. The van der Waals surface area contributed by atoms with Crippen molar-refractivity contribution in [3.63, 3.8) is 0 Å². The van der Waals surface area contributed by atoms with Gasteiger partial charge in [-0.2, -0.15) is 0 Å². The predicted molar refractivity (Wildman–Crippen MR) is 120 cm³/mol. The molecule has 0 N–H and O–H groups in total. The van der Waals surface area contributed by atoms with Crippen molar-refractivity contribution in [3.05, 3.63) is 71.8 Å². The minimum absolute atomic E-state index is 0.139. The molecule has 0 spiro atoms. The van der Waals surface area contributed by atoms with Gasteiger partial charge in [-0.3, -0.25) is 0 Å². The monoisotopic (exact) mass is 412 g/mol. The third kappa shape index (κ3) is 8.57. The summed E-state index contributed by atoms with van der Waals surface area (Å²) in [7, 11) is 0. The Morgan fingerprint density at radius 3 is 1.40 bits per heavy atom. The van der Waals surface area contributed by atoms with Gasteiger partial charge in [0.2, 0.25) is 0 Å². The molecule has 1 aliphatic heterocycles. The SMILES string of the molecule is c1ccc(CC2(Cc3ccccc3)COCCOCCCCCOCCOC2)cc1. The summed E-state index contributed by atoms with van der Waals surface area (Å²) in [5.41, 5.74) is 2.48. The van der Waals surface area contributed by atoms with Gasteiger partial charge in [0.25, 0.3) is 0 Å². The first-order chi connectivity index (χ1) is 14.9. The van der Waals surface area contributed by atoms with Crippen LogP contribution in [0.15, 0.2) is 60.7 Å². The summed E-state index contributed by atoms with van der Waals surface area (Å²) in [6, 6.07) is 21.3. The van der Waals surface area contributed by atoms with Gasteiger partial charge in [-0.05, 0) is 43.2 Å². The minimum atomic E-state index is -0.139. The number of hydrogen-bond acceptors (Lipinski definition) is 4. The molecule has 0 unspecified atom stereocenters. The smallest absolute Gasteiger partial charge is 0.0700 e. The van der Waals surface area contributed by atoms with Crippen LogP contribution in [0.4, 0.5) is 0 Å². The average Bonchev–Trinajstić information content (AvgIpc) is 2.77. The average molecular weight is 413 g/mol. The Kier molecular flexibility index (Phi) is 10.4. The molecule has 164 valence electrons. The van der Waals surface area contributed by atoms with Crippen molar-refractivity contribution in [2.45, 2.75) is 32.1 Å². The van der Waals surface area contributed by atoms with Crippen molar-refractivity contribution < 1.29 is 18.9 Å². The molecular weight excluding hydrogens is 376 g/mol. The van der Waals surface area contributed by atoms with Crippen LogP contribution in [0.1, 0.15) is 30.4 Å². The second kappa shape index (κ2) is 13.6. The molecule has 2 aromatic carbocycles. The molecule has 3 rings (SSSR count). The summed E-state index contributed by atoms with van der Waals surface area (Å²) in [4.78, 5) is 0. The van der Waals surface area contributed by atoms with Gasteiger partial charge in [0, 0.05) is 18.6 Å². The van der Waals surface area contributed by atoms with E-state index >= 15 is 0 Å². The van der Waals surface area contributed by atoms with Gasteiger partial charge in [-0.15, -0.1) is 0 Å². The lowest BCUT2D eigenvalue weighted by atomic mass is 9.77. The first-order valence-electron chi connectivity index (χ1n) is 11.3. The fourth-order valence-corrected chi connectivity index (χ4v) is 3.97. The van der Waals surface area contributed by atoms with Crippen LogP contribution in [0.5, 0.6) is 0 Å². The maximum atomic E-state index is 6.16. The Bertz CT molecular complexity index is 614. The molecule has 0 amide bonds. The van der Waals surface area contributed by atoms with E-state index in [4.69, 9.17) is 18.9 Å². The van der Waals surface area contributed by atoms with Crippen molar-refractivity contribution in [2.24, 2.45) is 5.41 Å². The molecule has 0 aromatic heterocycles. The molecule has 4 nitrogen and oxygen atoms in total. The van der Waals surface area contributed by atoms with Crippen LogP contribution in [0, 0.1) is 5.41 Å². The topological polar surface area (TPSA) is 36.9 Å². The highest BCUT2D eigenvalue weighted by Gasteiger charge is 2.32. The minimum Gasteiger partial charge on any atom is -0.379 e. The van der Waals surface area contributed by atoms with Crippen LogP contribution in [0.25, 0.3) is 0 Å². The maximum absolute atomic E-state index is 6.16. The van der Waals surface area contributed by atoms with Crippen LogP contribution in [0.2, 0.25) is 0 Å². The van der Waals surface area contributed by atoms with Crippen molar-refractivity contribution in [2.75, 3.05) is 52.9 Å². The van der Waals surface area contributed by atoms with E-state index in [0.29, 0.717) is 39.6 Å². The van der Waals surface area contributed by atoms with Crippen LogP contribution in [-0.4, -0.2) is 52.9 Å². The van der Waals surface area contributed by atoms with Crippen molar-refractivity contribution in [1.82, 2.24) is 0 Å². The van der Waals surface area contributed by atoms with E-state index in [1.807, 2.05) is 0 Å². The lowest BCUT2D eigenvalue weighted by Crippen LogP contribution is -2.38. The molecule has 4 heteroatoms. The Balaban J connectivity index is 1.72. The molecule has 0 saturated carbocycles. The molecule has 0 aliphatic carbocycles. The van der Waals surface area contributed by atoms with Crippen LogP contribution < -0.4 is 0 Å². The molecule has 1 saturated heterocycles. The van der Waals surface area contributed by atoms with E-state index in [-0.39, 0.29) is 5.41 Å². The lowest BCUT2D eigenvalue weighted by molar-refractivity contribution is -0.0490. The standard InChI is InChI=1S/C26H36O4/c1-4-10-24(11-5-1)20-26(21-25-12-6-2-7-13-25)22-29-18-16-27-14-8-3-9-15-28-17-19-30-23-26/h1-2,4-7,10-13H,3,8-9,14-23H2. The molecule has 30 heavy (non-hydrogen) atoms. The zero-order valence-corrected chi connectivity index (χ0v) is 18.1. The van der Waals surface area contributed by atoms with E-state index in [0.717, 1.165) is 45.3 Å². The van der Waals surface area contributed by atoms with Crippen LogP contribution in [-0.2, 0) is 31.8 Å². The summed E-state index contributed by atoms with van der Waals surface area (Å²) < 4.78 is 23.8. The Morgan fingerprint density at radius 1 is 0.500 bits per heavy atom. The Hall–Kier alpha value is -1.72. The van der Waals surface area contributed by atoms with E-state index in [1.54, 1.807) is 0 Å². The largest absolute Gasteiger partial charge is 0.379 e. The Labute approximate surface area is 181 Å². The fraction of sp³-hybridized carbons (Fsp3) is 0.538. The lowest BCUT2D eigenvalue weighted by Gasteiger charge is -2.34. The van der Waals surface area contributed by atoms with Gasteiger partial charge in [0.15, 0.2) is 0 Å². The highest BCUT2D eigenvalue weighted by Crippen LogP contribution is 2.29. The molecule has 1 fully saturated rings. The zero-order valence-electron chi connectivity index (χ0n) is 18.1. The number of hydrogen-bond donors (Lipinski definition) is 0. The molecule has 1 aliphatic rings. The second-order valence-corrected chi connectivity index (χ2v) is 8.22. The first-order valence-corrected chi connectivity index (χ1v) is 11.3. The molecular formula is C26H36O4. The third-order valence-corrected chi connectivity index (χ3v) is 5.48. The molecule has 2 aromatic rings. The van der Waals surface area contributed by atoms with Crippen LogP contribution in [0.3, 0.4) is 0 Å². The maximum Gasteiger partial charge on any atom is 0.0700 e. The van der Waals surface area contributed by atoms with E-state index in [9.17, 15) is 0 Å². The third-order valence-electron chi connectivity index (χ3n) is 5.48. The van der Waals surface area contributed by atoms with Gasteiger partial charge in [-0.25, -0.2) is 0 Å². The van der Waals surface area contributed by atoms with E-state index in [2.05, 4.69) is 60.7 Å². The quantitative estimate of drug-likeness (QED) is 0.729. The van der Waals surface area contributed by atoms with E-state index < -0.39 is 0 Å². The van der Waals surface area contributed by atoms with Gasteiger partial charge in [0.05, 0.1) is 39.6 Å². The summed E-state index contributed by atoms with van der Waals surface area (Å²) in [6.45, 7) is 5.40. The number of rotatable bonds is 4. The molecule has 1 heterocycles. The molecule has 0 bridgehead atoms. The summed E-state index contributed by atoms with van der Waals surface area (Å²) in [6.07, 6.45) is 5.10. The number of ether oxygens (including phenoxy) is 4. The first kappa shape index (κ1) is 23.0. The zero-order chi connectivity index (χ0) is 20.7. The van der Waals surface area contributed by atoms with Gasteiger partial charge < -0.3 is 18.9 Å². The van der Waals surface area contributed by atoms with Gasteiger partial charge in [-0.1, -0.05) is 60.7 Å². The summed E-state index contributed by atoms with van der Waals surface area (Å²) in [5, 5.41) is 0. The van der Waals surface area contributed by atoms with Gasteiger partial charge >= 0.3 is 0 Å². The highest BCUT2D eigenvalue weighted by molar-refractivity contribution is 5.21. The fourth-order valence-electron chi connectivity index (χ4n) is 3.97. The Morgan fingerprint density at radius 2 is 0.933 bits per heavy atom. The van der Waals surface area contributed by atoms with Crippen molar-refractivity contribution in [1.29, 1.82) is 0 Å². The van der Waals surface area contributed by atoms with Gasteiger partial charge in [0.1, 0.15) is 0 Å². The highest BCUT2D eigenvalue weighted by atomic mass is 16.5. The van der Waals surface area contributed by atoms with E-state index in [1.165, 1.54) is 11.1 Å². The normalized spacial score (nSPS) is 19.9.